The van der Waals surface area contributed by atoms with Crippen LogP contribution in [0.15, 0.2) is 65.3 Å². The van der Waals surface area contributed by atoms with Gasteiger partial charge in [0, 0.05) is 33.5 Å². The molecule has 2 aliphatic heterocycles. The van der Waals surface area contributed by atoms with Crippen LogP contribution in [0.25, 0.3) is 0 Å². The van der Waals surface area contributed by atoms with Crippen LogP contribution in [-0.4, -0.2) is 35.3 Å². The second kappa shape index (κ2) is 7.58. The molecule has 0 saturated carbocycles. The molecule has 1 aromatic heterocycles. The summed E-state index contributed by atoms with van der Waals surface area (Å²) in [4.78, 5) is 21.7. The van der Waals surface area contributed by atoms with E-state index in [1.807, 2.05) is 51.6 Å². The molecular formula is C22H26N6O. The molecule has 0 saturated heterocycles. The predicted octanol–water partition coefficient (Wildman–Crippen LogP) is 3.67. The molecule has 29 heavy (non-hydrogen) atoms. The zero-order chi connectivity index (χ0) is 20.5. The standard InChI is InChI=1S/C22H26N6O/c1-5-6-9-17-16(21(29)28(24-17)22-23-14-15-25(22)2)12-13-20-26(3)18-10-7-8-11-19(18)27(20)4/h7-8,10-15H,5-6,9H2,1-4H3. The first kappa shape index (κ1) is 19.0. The maximum atomic E-state index is 13.1. The number of allylic oxidation sites excluding steroid dienone is 2. The number of carbonyl (C=O) groups excluding carboxylic acids is 1. The summed E-state index contributed by atoms with van der Waals surface area (Å²) >= 11 is 0. The van der Waals surface area contributed by atoms with Crippen molar-refractivity contribution in [1.29, 1.82) is 0 Å². The number of aromatic nitrogens is 2. The van der Waals surface area contributed by atoms with Crippen LogP contribution < -0.4 is 14.8 Å². The van der Waals surface area contributed by atoms with Crippen molar-refractivity contribution in [3.63, 3.8) is 0 Å². The largest absolute Gasteiger partial charge is 0.329 e. The highest BCUT2D eigenvalue weighted by Crippen LogP contribution is 2.39. The van der Waals surface area contributed by atoms with Crippen LogP contribution >= 0.6 is 0 Å². The molecule has 4 rings (SSSR count). The minimum atomic E-state index is -0.136. The molecule has 7 nitrogen and oxygen atoms in total. The molecule has 0 spiro atoms. The van der Waals surface area contributed by atoms with Gasteiger partial charge in [-0.05, 0) is 37.1 Å². The molecule has 2 aliphatic rings. The molecule has 0 aliphatic carbocycles. The molecule has 1 aromatic carbocycles. The van der Waals surface area contributed by atoms with E-state index < -0.39 is 0 Å². The number of hydrazone groups is 1. The number of hydrogen-bond donors (Lipinski definition) is 0. The lowest BCUT2D eigenvalue weighted by Gasteiger charge is -2.17. The van der Waals surface area contributed by atoms with E-state index in [0.29, 0.717) is 11.5 Å². The Hall–Kier alpha value is -3.35. The molecule has 0 bridgehead atoms. The lowest BCUT2D eigenvalue weighted by Crippen LogP contribution is -2.24. The first-order valence-electron chi connectivity index (χ1n) is 9.91. The van der Waals surface area contributed by atoms with Gasteiger partial charge >= 0.3 is 0 Å². The number of benzene rings is 1. The number of rotatable bonds is 5. The van der Waals surface area contributed by atoms with Gasteiger partial charge in [0.15, 0.2) is 0 Å². The molecule has 0 radical (unpaired) electrons. The minimum absolute atomic E-state index is 0.136. The molecule has 0 N–H and O–H groups in total. The Bertz CT molecular complexity index is 1000. The number of anilines is 3. The number of fused-ring (bicyclic) bond motifs is 1. The fraction of sp³-hybridized carbons (Fsp3) is 0.318. The van der Waals surface area contributed by atoms with Gasteiger partial charge in [-0.2, -0.15) is 10.1 Å². The Morgan fingerprint density at radius 1 is 1.03 bits per heavy atom. The third-order valence-electron chi connectivity index (χ3n) is 5.40. The van der Waals surface area contributed by atoms with Gasteiger partial charge < -0.3 is 14.4 Å². The molecule has 7 heteroatoms. The first-order valence-corrected chi connectivity index (χ1v) is 9.91. The summed E-state index contributed by atoms with van der Waals surface area (Å²) in [5.41, 5.74) is 3.74. The van der Waals surface area contributed by atoms with Crippen molar-refractivity contribution in [1.82, 2.24) is 9.55 Å². The van der Waals surface area contributed by atoms with E-state index in [4.69, 9.17) is 0 Å². The van der Waals surface area contributed by atoms with Crippen molar-refractivity contribution >= 4 is 28.9 Å². The second-order valence-corrected chi connectivity index (χ2v) is 7.32. The van der Waals surface area contributed by atoms with Gasteiger partial charge in [-0.15, -0.1) is 0 Å². The summed E-state index contributed by atoms with van der Waals surface area (Å²) in [5.74, 6) is 1.41. The highest BCUT2D eigenvalue weighted by molar-refractivity contribution is 6.30. The van der Waals surface area contributed by atoms with Gasteiger partial charge in [-0.1, -0.05) is 25.5 Å². The summed E-state index contributed by atoms with van der Waals surface area (Å²) in [7, 11) is 5.94. The van der Waals surface area contributed by atoms with E-state index in [1.165, 1.54) is 5.01 Å². The summed E-state index contributed by atoms with van der Waals surface area (Å²) in [6.07, 6.45) is 10.2. The van der Waals surface area contributed by atoms with E-state index in [2.05, 4.69) is 38.9 Å². The number of para-hydroxylation sites is 2. The van der Waals surface area contributed by atoms with Gasteiger partial charge in [0.25, 0.3) is 5.91 Å². The van der Waals surface area contributed by atoms with E-state index >= 15 is 0 Å². The van der Waals surface area contributed by atoms with E-state index in [-0.39, 0.29) is 5.91 Å². The zero-order valence-corrected chi connectivity index (χ0v) is 17.3. The van der Waals surface area contributed by atoms with E-state index in [1.54, 1.807) is 10.8 Å². The molecule has 150 valence electrons. The van der Waals surface area contributed by atoms with Crippen LogP contribution in [0.5, 0.6) is 0 Å². The Balaban J connectivity index is 1.68. The van der Waals surface area contributed by atoms with E-state index in [9.17, 15) is 4.79 Å². The van der Waals surface area contributed by atoms with Crippen LogP contribution in [0.2, 0.25) is 0 Å². The molecule has 0 atom stereocenters. The van der Waals surface area contributed by atoms with Gasteiger partial charge in [0.05, 0.1) is 22.7 Å². The maximum Gasteiger partial charge on any atom is 0.283 e. The number of aryl methyl sites for hydroxylation is 1. The van der Waals surface area contributed by atoms with Crippen LogP contribution in [-0.2, 0) is 11.8 Å². The van der Waals surface area contributed by atoms with E-state index in [0.717, 1.165) is 42.2 Å². The number of hydrogen-bond acceptors (Lipinski definition) is 5. The first-order chi connectivity index (χ1) is 14.0. The van der Waals surface area contributed by atoms with Crippen molar-refractivity contribution < 1.29 is 4.79 Å². The van der Waals surface area contributed by atoms with Gasteiger partial charge in [0.2, 0.25) is 5.95 Å². The Morgan fingerprint density at radius 2 is 1.72 bits per heavy atom. The molecular weight excluding hydrogens is 364 g/mol. The summed E-state index contributed by atoms with van der Waals surface area (Å²) in [6, 6.07) is 8.26. The van der Waals surface area contributed by atoms with Crippen molar-refractivity contribution in [2.75, 3.05) is 28.9 Å². The van der Waals surface area contributed by atoms with Gasteiger partial charge in [-0.25, -0.2) is 4.98 Å². The summed E-state index contributed by atoms with van der Waals surface area (Å²) in [5, 5.41) is 6.02. The second-order valence-electron chi connectivity index (χ2n) is 7.32. The minimum Gasteiger partial charge on any atom is -0.329 e. The number of unbranched alkanes of at least 4 members (excludes halogenated alkanes) is 1. The number of amides is 1. The molecule has 0 fully saturated rings. The van der Waals surface area contributed by atoms with Crippen molar-refractivity contribution in [3.8, 4) is 0 Å². The predicted molar refractivity (Wildman–Crippen MR) is 117 cm³/mol. The summed E-state index contributed by atoms with van der Waals surface area (Å²) in [6.45, 7) is 2.14. The smallest absolute Gasteiger partial charge is 0.283 e. The van der Waals surface area contributed by atoms with Crippen molar-refractivity contribution in [2.45, 2.75) is 26.2 Å². The fourth-order valence-electron chi connectivity index (χ4n) is 3.74. The van der Waals surface area contributed by atoms with Crippen LogP contribution in [0.3, 0.4) is 0 Å². The Labute approximate surface area is 171 Å². The topological polar surface area (TPSA) is 57.0 Å². The average Bonchev–Trinajstić information content (AvgIpc) is 3.35. The Morgan fingerprint density at radius 3 is 2.31 bits per heavy atom. The van der Waals surface area contributed by atoms with Crippen LogP contribution in [0.4, 0.5) is 17.3 Å². The monoisotopic (exact) mass is 390 g/mol. The molecule has 1 amide bonds. The third kappa shape index (κ3) is 3.22. The average molecular weight is 390 g/mol. The number of carbonyl (C=O) groups is 1. The zero-order valence-electron chi connectivity index (χ0n) is 17.3. The quantitative estimate of drug-likeness (QED) is 0.731. The van der Waals surface area contributed by atoms with Crippen LogP contribution in [0, 0.1) is 0 Å². The lowest BCUT2D eigenvalue weighted by atomic mass is 10.0. The van der Waals surface area contributed by atoms with Crippen molar-refractivity contribution in [2.24, 2.45) is 12.1 Å². The maximum absolute atomic E-state index is 13.1. The highest BCUT2D eigenvalue weighted by Gasteiger charge is 2.33. The lowest BCUT2D eigenvalue weighted by molar-refractivity contribution is -0.114. The van der Waals surface area contributed by atoms with Gasteiger partial charge in [0.1, 0.15) is 5.82 Å². The number of nitrogens with zero attached hydrogens (tertiary/aromatic N) is 6. The normalized spacial score (nSPS) is 17.4. The van der Waals surface area contributed by atoms with Gasteiger partial charge in [-0.3, -0.25) is 4.79 Å². The summed E-state index contributed by atoms with van der Waals surface area (Å²) < 4.78 is 1.80. The molecule has 0 unspecified atom stereocenters. The number of imidazole rings is 1. The van der Waals surface area contributed by atoms with Crippen molar-refractivity contribution in [3.05, 3.63) is 60.2 Å². The van der Waals surface area contributed by atoms with Crippen LogP contribution in [0.1, 0.15) is 26.2 Å². The third-order valence-corrected chi connectivity index (χ3v) is 5.40. The molecule has 3 heterocycles. The molecule has 2 aromatic rings. The fourth-order valence-corrected chi connectivity index (χ4v) is 3.74. The highest BCUT2D eigenvalue weighted by atomic mass is 16.2. The SMILES string of the molecule is CCCCC1=NN(c2nccn2C)C(=O)C1=CC=C1N(C)c2ccccc2N1C. The Kier molecular flexibility index (Phi) is 4.96.